The van der Waals surface area contributed by atoms with Gasteiger partial charge in [-0.3, -0.25) is 9.78 Å². The van der Waals surface area contributed by atoms with Gasteiger partial charge in [0.1, 0.15) is 5.92 Å². The zero-order valence-electron chi connectivity index (χ0n) is 8.59. The van der Waals surface area contributed by atoms with Crippen LogP contribution in [0.3, 0.4) is 0 Å². The van der Waals surface area contributed by atoms with E-state index in [4.69, 9.17) is 17.3 Å². The molecular weight excluding hydrogens is 224 g/mol. The van der Waals surface area contributed by atoms with Crippen LogP contribution in [-0.4, -0.2) is 27.6 Å². The molecule has 1 atom stereocenters. The highest BCUT2D eigenvalue weighted by atomic mass is 32.1. The van der Waals surface area contributed by atoms with Crippen molar-refractivity contribution in [2.24, 2.45) is 0 Å². The summed E-state index contributed by atoms with van der Waals surface area (Å²) < 4.78 is 0. The molecule has 0 saturated carbocycles. The van der Waals surface area contributed by atoms with Crippen LogP contribution in [0.5, 0.6) is 0 Å². The molecule has 1 unspecified atom stereocenters. The SMILES string of the molecule is C=CCNC(=S)C(C(=O)O)c1ccccn1. The van der Waals surface area contributed by atoms with Gasteiger partial charge >= 0.3 is 5.97 Å². The summed E-state index contributed by atoms with van der Waals surface area (Å²) in [5, 5.41) is 11.9. The van der Waals surface area contributed by atoms with Crippen molar-refractivity contribution in [2.45, 2.75) is 5.92 Å². The predicted octanol–water partition coefficient (Wildman–Crippen LogP) is 1.35. The molecule has 0 spiro atoms. The van der Waals surface area contributed by atoms with Crippen LogP contribution in [-0.2, 0) is 4.79 Å². The van der Waals surface area contributed by atoms with Gasteiger partial charge in [-0.25, -0.2) is 0 Å². The number of pyridine rings is 1. The van der Waals surface area contributed by atoms with Crippen LogP contribution in [0.15, 0.2) is 37.1 Å². The fourth-order valence-electron chi connectivity index (χ4n) is 1.19. The summed E-state index contributed by atoms with van der Waals surface area (Å²) in [5.74, 6) is -1.92. The molecule has 1 heterocycles. The van der Waals surface area contributed by atoms with E-state index in [2.05, 4.69) is 16.9 Å². The maximum absolute atomic E-state index is 11.1. The number of nitrogens with zero attached hydrogens (tertiary/aromatic N) is 1. The Hall–Kier alpha value is -1.75. The first-order chi connectivity index (χ1) is 7.66. The number of hydrogen-bond donors (Lipinski definition) is 2. The molecule has 4 nitrogen and oxygen atoms in total. The first kappa shape index (κ1) is 12.3. The van der Waals surface area contributed by atoms with E-state index < -0.39 is 11.9 Å². The summed E-state index contributed by atoms with van der Waals surface area (Å²) in [6.45, 7) is 3.96. The Bertz CT molecular complexity index is 392. The molecule has 2 N–H and O–H groups in total. The lowest BCUT2D eigenvalue weighted by atomic mass is 10.1. The van der Waals surface area contributed by atoms with Crippen LogP contribution in [0.2, 0.25) is 0 Å². The number of aromatic nitrogens is 1. The second kappa shape index (κ2) is 5.97. The van der Waals surface area contributed by atoms with Crippen molar-refractivity contribution < 1.29 is 9.90 Å². The van der Waals surface area contributed by atoms with E-state index in [9.17, 15) is 4.79 Å². The molecule has 84 valence electrons. The minimum atomic E-state index is -1.01. The molecular formula is C11H12N2O2S. The summed E-state index contributed by atoms with van der Waals surface area (Å²) in [6.07, 6.45) is 3.16. The molecule has 5 heteroatoms. The molecule has 0 fully saturated rings. The van der Waals surface area contributed by atoms with E-state index in [0.29, 0.717) is 12.2 Å². The molecule has 0 radical (unpaired) electrons. The molecule has 0 saturated heterocycles. The molecule has 0 aliphatic rings. The van der Waals surface area contributed by atoms with Crippen molar-refractivity contribution in [3.8, 4) is 0 Å². The predicted molar refractivity (Wildman–Crippen MR) is 65.4 cm³/mol. The molecule has 0 bridgehead atoms. The van der Waals surface area contributed by atoms with Gasteiger partial charge in [-0.05, 0) is 12.1 Å². The van der Waals surface area contributed by atoms with Gasteiger partial charge in [-0.1, -0.05) is 24.4 Å². The fourth-order valence-corrected chi connectivity index (χ4v) is 1.50. The Morgan fingerprint density at radius 1 is 1.69 bits per heavy atom. The zero-order valence-corrected chi connectivity index (χ0v) is 9.41. The number of thiocarbonyl (C=S) groups is 1. The van der Waals surface area contributed by atoms with E-state index in [1.165, 1.54) is 0 Å². The third kappa shape index (κ3) is 3.13. The van der Waals surface area contributed by atoms with Crippen molar-refractivity contribution in [3.63, 3.8) is 0 Å². The first-order valence-electron chi connectivity index (χ1n) is 4.69. The summed E-state index contributed by atoms with van der Waals surface area (Å²) in [6, 6.07) is 5.09. The first-order valence-corrected chi connectivity index (χ1v) is 5.10. The quantitative estimate of drug-likeness (QED) is 0.597. The molecule has 1 aromatic heterocycles. The average molecular weight is 236 g/mol. The van der Waals surface area contributed by atoms with Gasteiger partial charge in [0.25, 0.3) is 0 Å². The standard InChI is InChI=1S/C11H12N2O2S/c1-2-6-13-10(16)9(11(14)15)8-5-3-4-7-12-8/h2-5,7,9H,1,6H2,(H,13,16)(H,14,15). The van der Waals surface area contributed by atoms with Gasteiger partial charge in [-0.15, -0.1) is 6.58 Å². The molecule has 1 aromatic rings. The molecule has 0 amide bonds. The number of hydrogen-bond acceptors (Lipinski definition) is 3. The normalized spacial score (nSPS) is 11.5. The Labute approximate surface area is 99.0 Å². The lowest BCUT2D eigenvalue weighted by Gasteiger charge is -2.13. The zero-order chi connectivity index (χ0) is 12.0. The van der Waals surface area contributed by atoms with Gasteiger partial charge in [-0.2, -0.15) is 0 Å². The minimum Gasteiger partial charge on any atom is -0.480 e. The average Bonchev–Trinajstić information content (AvgIpc) is 2.27. The van der Waals surface area contributed by atoms with E-state index in [1.54, 1.807) is 30.5 Å². The third-order valence-electron chi connectivity index (χ3n) is 1.91. The lowest BCUT2D eigenvalue weighted by molar-refractivity contribution is -0.137. The topological polar surface area (TPSA) is 62.2 Å². The lowest BCUT2D eigenvalue weighted by Crippen LogP contribution is -2.32. The van der Waals surface area contributed by atoms with Crippen molar-refractivity contribution in [1.82, 2.24) is 10.3 Å². The fraction of sp³-hybridized carbons (Fsp3) is 0.182. The monoisotopic (exact) mass is 236 g/mol. The van der Waals surface area contributed by atoms with Crippen molar-refractivity contribution in [3.05, 3.63) is 42.7 Å². The highest BCUT2D eigenvalue weighted by molar-refractivity contribution is 7.80. The molecule has 1 rings (SSSR count). The summed E-state index contributed by atoms with van der Waals surface area (Å²) >= 11 is 5.02. The van der Waals surface area contributed by atoms with Gasteiger partial charge in [0.05, 0.1) is 10.7 Å². The Morgan fingerprint density at radius 2 is 2.44 bits per heavy atom. The Balaban J connectivity index is 2.88. The number of carboxylic acid groups (broad SMARTS) is 1. The summed E-state index contributed by atoms with van der Waals surface area (Å²) in [7, 11) is 0. The Morgan fingerprint density at radius 3 is 2.94 bits per heavy atom. The third-order valence-corrected chi connectivity index (χ3v) is 2.29. The van der Waals surface area contributed by atoms with Gasteiger partial charge in [0, 0.05) is 12.7 Å². The molecule has 0 aromatic carbocycles. The van der Waals surface area contributed by atoms with Crippen molar-refractivity contribution in [1.29, 1.82) is 0 Å². The van der Waals surface area contributed by atoms with Gasteiger partial charge in [0.15, 0.2) is 0 Å². The van der Waals surface area contributed by atoms with Gasteiger partial charge in [0.2, 0.25) is 0 Å². The molecule has 0 aliphatic heterocycles. The van der Waals surface area contributed by atoms with E-state index in [-0.39, 0.29) is 4.99 Å². The highest BCUT2D eigenvalue weighted by Crippen LogP contribution is 2.14. The summed E-state index contributed by atoms with van der Waals surface area (Å²) in [5.41, 5.74) is 0.427. The van der Waals surface area contributed by atoms with Crippen LogP contribution in [0.25, 0.3) is 0 Å². The molecule has 0 aliphatic carbocycles. The van der Waals surface area contributed by atoms with Crippen molar-refractivity contribution in [2.75, 3.05) is 6.54 Å². The van der Waals surface area contributed by atoms with E-state index in [0.717, 1.165) is 0 Å². The van der Waals surface area contributed by atoms with Crippen LogP contribution >= 0.6 is 12.2 Å². The maximum atomic E-state index is 11.1. The molecule has 16 heavy (non-hydrogen) atoms. The van der Waals surface area contributed by atoms with Gasteiger partial charge < -0.3 is 10.4 Å². The summed E-state index contributed by atoms with van der Waals surface area (Å²) in [4.78, 5) is 15.3. The van der Waals surface area contributed by atoms with Crippen LogP contribution in [0.4, 0.5) is 0 Å². The number of aliphatic carboxylic acids is 1. The number of rotatable bonds is 5. The second-order valence-electron chi connectivity index (χ2n) is 3.06. The number of nitrogens with one attached hydrogen (secondary N) is 1. The smallest absolute Gasteiger partial charge is 0.319 e. The minimum absolute atomic E-state index is 0.242. The largest absolute Gasteiger partial charge is 0.480 e. The van der Waals surface area contributed by atoms with Crippen LogP contribution in [0.1, 0.15) is 11.6 Å². The number of carboxylic acids is 1. The number of carbonyl (C=O) groups is 1. The van der Waals surface area contributed by atoms with Crippen LogP contribution in [0, 0.1) is 0 Å². The van der Waals surface area contributed by atoms with Crippen LogP contribution < -0.4 is 5.32 Å². The second-order valence-corrected chi connectivity index (χ2v) is 3.50. The van der Waals surface area contributed by atoms with E-state index >= 15 is 0 Å². The maximum Gasteiger partial charge on any atom is 0.319 e. The Kier molecular flexibility index (Phi) is 4.60. The highest BCUT2D eigenvalue weighted by Gasteiger charge is 2.25. The van der Waals surface area contributed by atoms with E-state index in [1.807, 2.05) is 0 Å². The van der Waals surface area contributed by atoms with Crippen molar-refractivity contribution >= 4 is 23.2 Å².